The highest BCUT2D eigenvalue weighted by atomic mass is 16.1. The van der Waals surface area contributed by atoms with Crippen molar-refractivity contribution in [2.75, 3.05) is 5.32 Å². The molecular weight excluding hydrogens is 360 g/mol. The van der Waals surface area contributed by atoms with Gasteiger partial charge in [-0.2, -0.15) is 0 Å². The standard InChI is InChI=1S/C24H22N4O/c1-15-6-5-7-18(12-15)16(2)25-24-21-13-19(8-10-22(21)26-17(3)27-24)20-9-11-23(29)28(4)14-20/h5-14H,2H2,1,3-4H3,(H,25,26,27). The van der Waals surface area contributed by atoms with Gasteiger partial charge in [-0.15, -0.1) is 0 Å². The monoisotopic (exact) mass is 382 g/mol. The van der Waals surface area contributed by atoms with Gasteiger partial charge in [-0.3, -0.25) is 4.79 Å². The van der Waals surface area contributed by atoms with Crippen LogP contribution in [0.15, 0.2) is 72.2 Å². The SMILES string of the molecule is C=C(Nc1nc(C)nc2ccc(-c3ccc(=O)n(C)c3)cc12)c1cccc(C)c1. The average Bonchev–Trinajstić information content (AvgIpc) is 2.69. The third-order valence-corrected chi connectivity index (χ3v) is 4.86. The van der Waals surface area contributed by atoms with Crippen molar-refractivity contribution in [3.05, 3.63) is 94.7 Å². The molecule has 5 heteroatoms. The molecule has 0 aliphatic heterocycles. The highest BCUT2D eigenvalue weighted by Gasteiger charge is 2.10. The van der Waals surface area contributed by atoms with Crippen LogP contribution in [0, 0.1) is 13.8 Å². The quantitative estimate of drug-likeness (QED) is 0.556. The van der Waals surface area contributed by atoms with Gasteiger partial charge < -0.3 is 9.88 Å². The van der Waals surface area contributed by atoms with E-state index in [0.717, 1.165) is 33.3 Å². The van der Waals surface area contributed by atoms with E-state index in [-0.39, 0.29) is 5.56 Å². The normalized spacial score (nSPS) is 10.9. The smallest absolute Gasteiger partial charge is 0.250 e. The van der Waals surface area contributed by atoms with Crippen LogP contribution in [-0.2, 0) is 7.05 Å². The Morgan fingerprint density at radius 3 is 2.55 bits per heavy atom. The highest BCUT2D eigenvalue weighted by Crippen LogP contribution is 2.29. The fourth-order valence-electron chi connectivity index (χ4n) is 3.33. The van der Waals surface area contributed by atoms with Crippen LogP contribution < -0.4 is 10.9 Å². The zero-order valence-corrected chi connectivity index (χ0v) is 16.7. The van der Waals surface area contributed by atoms with Crippen LogP contribution in [0.4, 0.5) is 5.82 Å². The molecule has 2 heterocycles. The molecule has 0 unspecified atom stereocenters. The number of fused-ring (bicyclic) bond motifs is 1. The maximum atomic E-state index is 11.7. The summed E-state index contributed by atoms with van der Waals surface area (Å²) in [4.78, 5) is 20.9. The number of benzene rings is 2. The van der Waals surface area contributed by atoms with Crippen LogP contribution in [0.1, 0.15) is 17.0 Å². The van der Waals surface area contributed by atoms with Crippen molar-refractivity contribution in [3.8, 4) is 11.1 Å². The largest absolute Gasteiger partial charge is 0.340 e. The molecule has 1 N–H and O–H groups in total. The number of nitrogens with zero attached hydrogens (tertiary/aromatic N) is 3. The van der Waals surface area contributed by atoms with Gasteiger partial charge in [0.25, 0.3) is 0 Å². The molecule has 4 aromatic rings. The maximum Gasteiger partial charge on any atom is 0.250 e. The summed E-state index contributed by atoms with van der Waals surface area (Å²) < 4.78 is 1.57. The van der Waals surface area contributed by atoms with E-state index in [1.165, 1.54) is 5.56 Å². The number of rotatable bonds is 4. The fraction of sp³-hybridized carbons (Fsp3) is 0.125. The Kier molecular flexibility index (Phi) is 4.72. The predicted octanol–water partition coefficient (Wildman–Crippen LogP) is 4.70. The van der Waals surface area contributed by atoms with Gasteiger partial charge in [-0.05, 0) is 54.8 Å². The lowest BCUT2D eigenvalue weighted by Crippen LogP contribution is -2.13. The van der Waals surface area contributed by atoms with Gasteiger partial charge in [0.1, 0.15) is 11.6 Å². The van der Waals surface area contributed by atoms with Crippen molar-refractivity contribution in [2.24, 2.45) is 7.05 Å². The van der Waals surface area contributed by atoms with Crippen molar-refractivity contribution in [1.29, 1.82) is 0 Å². The van der Waals surface area contributed by atoms with E-state index in [0.29, 0.717) is 11.6 Å². The highest BCUT2D eigenvalue weighted by molar-refractivity contribution is 5.95. The molecule has 2 aromatic carbocycles. The molecule has 29 heavy (non-hydrogen) atoms. The van der Waals surface area contributed by atoms with E-state index in [4.69, 9.17) is 0 Å². The first-order valence-electron chi connectivity index (χ1n) is 9.39. The summed E-state index contributed by atoms with van der Waals surface area (Å²) in [5.41, 5.74) is 5.73. The lowest BCUT2D eigenvalue weighted by atomic mass is 10.0. The van der Waals surface area contributed by atoms with Gasteiger partial charge in [0.05, 0.1) is 5.52 Å². The van der Waals surface area contributed by atoms with Gasteiger partial charge in [0.15, 0.2) is 0 Å². The molecule has 0 fully saturated rings. The summed E-state index contributed by atoms with van der Waals surface area (Å²) in [5.74, 6) is 1.40. The van der Waals surface area contributed by atoms with Gasteiger partial charge in [0, 0.05) is 30.4 Å². The number of nitrogens with one attached hydrogen (secondary N) is 1. The molecule has 144 valence electrons. The van der Waals surface area contributed by atoms with Gasteiger partial charge in [-0.25, -0.2) is 9.97 Å². The first-order valence-corrected chi connectivity index (χ1v) is 9.39. The Hall–Kier alpha value is -3.73. The van der Waals surface area contributed by atoms with Crippen LogP contribution >= 0.6 is 0 Å². The van der Waals surface area contributed by atoms with Crippen molar-refractivity contribution in [2.45, 2.75) is 13.8 Å². The topological polar surface area (TPSA) is 59.8 Å². The zero-order chi connectivity index (χ0) is 20.5. The predicted molar refractivity (Wildman–Crippen MR) is 119 cm³/mol. The lowest BCUT2D eigenvalue weighted by Gasteiger charge is -2.14. The fourth-order valence-corrected chi connectivity index (χ4v) is 3.33. The number of pyridine rings is 1. The summed E-state index contributed by atoms with van der Waals surface area (Å²) in [6.07, 6.45) is 1.83. The Morgan fingerprint density at radius 1 is 1.00 bits per heavy atom. The van der Waals surface area contributed by atoms with Gasteiger partial charge in [0.2, 0.25) is 5.56 Å². The third-order valence-electron chi connectivity index (χ3n) is 4.86. The molecule has 0 saturated carbocycles. The zero-order valence-electron chi connectivity index (χ0n) is 16.7. The molecule has 4 rings (SSSR count). The average molecular weight is 382 g/mol. The summed E-state index contributed by atoms with van der Waals surface area (Å²) in [6.45, 7) is 8.12. The third kappa shape index (κ3) is 3.80. The molecule has 0 aliphatic rings. The summed E-state index contributed by atoms with van der Waals surface area (Å²) >= 11 is 0. The molecule has 0 aliphatic carbocycles. The van der Waals surface area contributed by atoms with Gasteiger partial charge in [-0.1, -0.05) is 36.4 Å². The van der Waals surface area contributed by atoms with Crippen molar-refractivity contribution in [3.63, 3.8) is 0 Å². The molecule has 0 saturated heterocycles. The lowest BCUT2D eigenvalue weighted by molar-refractivity contribution is 0.862. The number of hydrogen-bond donors (Lipinski definition) is 1. The Labute approximate surface area is 169 Å². The number of hydrogen-bond acceptors (Lipinski definition) is 4. The second-order valence-electron chi connectivity index (χ2n) is 7.19. The minimum Gasteiger partial charge on any atom is -0.340 e. The summed E-state index contributed by atoms with van der Waals surface area (Å²) in [5, 5.41) is 4.27. The van der Waals surface area contributed by atoms with Crippen molar-refractivity contribution in [1.82, 2.24) is 14.5 Å². The van der Waals surface area contributed by atoms with Crippen molar-refractivity contribution >= 4 is 22.4 Å². The van der Waals surface area contributed by atoms with Crippen LogP contribution in [0.25, 0.3) is 27.7 Å². The van der Waals surface area contributed by atoms with Crippen LogP contribution in [-0.4, -0.2) is 14.5 Å². The summed E-state index contributed by atoms with van der Waals surface area (Å²) in [6, 6.07) is 17.6. The Bertz CT molecular complexity index is 1300. The Balaban J connectivity index is 1.79. The van der Waals surface area contributed by atoms with E-state index in [1.54, 1.807) is 17.7 Å². The Morgan fingerprint density at radius 2 is 1.79 bits per heavy atom. The van der Waals surface area contributed by atoms with E-state index in [9.17, 15) is 4.79 Å². The molecule has 2 aromatic heterocycles. The molecule has 0 bridgehead atoms. The van der Waals surface area contributed by atoms with Crippen LogP contribution in [0.5, 0.6) is 0 Å². The molecule has 0 radical (unpaired) electrons. The molecule has 0 atom stereocenters. The van der Waals surface area contributed by atoms with Crippen LogP contribution in [0.3, 0.4) is 0 Å². The van der Waals surface area contributed by atoms with E-state index >= 15 is 0 Å². The van der Waals surface area contributed by atoms with E-state index in [1.807, 2.05) is 49.5 Å². The van der Waals surface area contributed by atoms with E-state index in [2.05, 4.69) is 40.9 Å². The van der Waals surface area contributed by atoms with Crippen LogP contribution in [0.2, 0.25) is 0 Å². The van der Waals surface area contributed by atoms with Crippen molar-refractivity contribution < 1.29 is 0 Å². The number of aryl methyl sites for hydroxylation is 3. The molecule has 0 spiro atoms. The van der Waals surface area contributed by atoms with E-state index < -0.39 is 0 Å². The van der Waals surface area contributed by atoms with Gasteiger partial charge >= 0.3 is 0 Å². The molecule has 0 amide bonds. The minimum absolute atomic E-state index is 0.0368. The molecular formula is C24H22N4O. The minimum atomic E-state index is -0.0368. The maximum absolute atomic E-state index is 11.7. The number of aromatic nitrogens is 3. The first kappa shape index (κ1) is 18.6. The summed E-state index contributed by atoms with van der Waals surface area (Å²) in [7, 11) is 1.75. The first-order chi connectivity index (χ1) is 13.9. The molecule has 5 nitrogen and oxygen atoms in total. The number of anilines is 1. The second-order valence-corrected chi connectivity index (χ2v) is 7.19. The second kappa shape index (κ2) is 7.36.